The summed E-state index contributed by atoms with van der Waals surface area (Å²) in [6, 6.07) is 8.75. The number of β-amino-alcohol motifs (C(OH)–C–C–N with tert-alkyl or cyclic N) is 1. The van der Waals surface area contributed by atoms with E-state index in [9.17, 15) is 18.3 Å². The van der Waals surface area contributed by atoms with Gasteiger partial charge in [0, 0.05) is 44.0 Å². The van der Waals surface area contributed by atoms with Crippen molar-refractivity contribution in [3.8, 4) is 5.75 Å². The Hall–Kier alpha value is -4.60. The standard InChI is InChI=1S/C32H41N9O5S/c1-20-7-8-21(30(43)37-24-16-22(32(2,3)4)17-25(28(24)46-5)39-47(6,44)45)15-23(20)36-29-27-26(34-19-35-29)18-33-31(38-27)41-11-9-40(10-12-41)13-14-42/h7-8,15-19,39,42H,9-14H2,1-6H3,(H,37,43)(H,34,35,36). The number of aryl methyl sites for hydroxylation is 1. The molecule has 1 saturated heterocycles. The number of anilines is 5. The Morgan fingerprint density at radius 3 is 2.40 bits per heavy atom. The summed E-state index contributed by atoms with van der Waals surface area (Å²) in [5.74, 6) is 0.814. The number of nitrogens with zero attached hydrogens (tertiary/aromatic N) is 6. The van der Waals surface area contributed by atoms with Crippen LogP contribution in [-0.2, 0) is 15.4 Å². The van der Waals surface area contributed by atoms with Gasteiger partial charge in [0.1, 0.15) is 17.4 Å². The molecule has 2 aromatic heterocycles. The van der Waals surface area contributed by atoms with Crippen molar-refractivity contribution in [1.29, 1.82) is 0 Å². The summed E-state index contributed by atoms with van der Waals surface area (Å²) in [5.41, 5.74) is 3.99. The van der Waals surface area contributed by atoms with E-state index in [-0.39, 0.29) is 23.5 Å². The van der Waals surface area contributed by atoms with Crippen molar-refractivity contribution in [2.24, 2.45) is 0 Å². The third-order valence-corrected chi connectivity index (χ3v) is 8.48. The smallest absolute Gasteiger partial charge is 0.255 e. The van der Waals surface area contributed by atoms with Crippen LogP contribution in [0.1, 0.15) is 42.3 Å². The van der Waals surface area contributed by atoms with Gasteiger partial charge in [0.05, 0.1) is 37.5 Å². The number of carbonyl (C=O) groups is 1. The number of aliphatic hydroxyl groups excluding tert-OH is 1. The molecule has 0 unspecified atom stereocenters. The number of aromatic nitrogens is 4. The van der Waals surface area contributed by atoms with Gasteiger partial charge in [-0.2, -0.15) is 0 Å². The zero-order valence-corrected chi connectivity index (χ0v) is 28.3. The number of sulfonamides is 1. The molecule has 1 aliphatic rings. The minimum absolute atomic E-state index is 0.128. The van der Waals surface area contributed by atoms with Gasteiger partial charge in [0.25, 0.3) is 5.91 Å². The van der Waals surface area contributed by atoms with E-state index in [1.807, 2.05) is 33.8 Å². The minimum atomic E-state index is -3.62. The molecule has 0 spiro atoms. The van der Waals surface area contributed by atoms with Crippen molar-refractivity contribution in [1.82, 2.24) is 24.8 Å². The first-order valence-corrected chi connectivity index (χ1v) is 17.1. The number of rotatable bonds is 10. The van der Waals surface area contributed by atoms with Crippen molar-refractivity contribution < 1.29 is 23.1 Å². The molecule has 3 heterocycles. The molecule has 0 saturated carbocycles. The molecule has 15 heteroatoms. The van der Waals surface area contributed by atoms with Gasteiger partial charge in [-0.1, -0.05) is 26.8 Å². The van der Waals surface area contributed by atoms with E-state index < -0.39 is 15.9 Å². The van der Waals surface area contributed by atoms with Crippen LogP contribution in [0.15, 0.2) is 42.9 Å². The molecule has 1 fully saturated rings. The molecule has 4 aromatic rings. The van der Waals surface area contributed by atoms with Crippen LogP contribution in [0.3, 0.4) is 0 Å². The van der Waals surface area contributed by atoms with Crippen LogP contribution in [-0.4, -0.2) is 97.0 Å². The molecule has 0 radical (unpaired) electrons. The Balaban J connectivity index is 1.43. The molecule has 0 atom stereocenters. The fourth-order valence-electron chi connectivity index (χ4n) is 5.27. The van der Waals surface area contributed by atoms with Gasteiger partial charge >= 0.3 is 0 Å². The first kappa shape index (κ1) is 33.8. The van der Waals surface area contributed by atoms with Crippen molar-refractivity contribution in [3.63, 3.8) is 0 Å². The first-order chi connectivity index (χ1) is 22.3. The second kappa shape index (κ2) is 13.6. The number of carbonyl (C=O) groups excluding carboxylic acids is 1. The summed E-state index contributed by atoms with van der Waals surface area (Å²) in [6.07, 6.45) is 4.17. The van der Waals surface area contributed by atoms with Crippen LogP contribution < -0.4 is 25.0 Å². The molecule has 1 aliphatic heterocycles. The highest BCUT2D eigenvalue weighted by molar-refractivity contribution is 7.92. The van der Waals surface area contributed by atoms with Crippen LogP contribution in [0.4, 0.5) is 28.8 Å². The van der Waals surface area contributed by atoms with Crippen LogP contribution in [0, 0.1) is 6.92 Å². The Morgan fingerprint density at radius 2 is 1.74 bits per heavy atom. The lowest BCUT2D eigenvalue weighted by Gasteiger charge is -2.34. The molecular formula is C32H41N9O5S. The van der Waals surface area contributed by atoms with E-state index in [0.717, 1.165) is 43.6 Å². The van der Waals surface area contributed by atoms with Gasteiger partial charge in [-0.05, 0) is 47.7 Å². The summed E-state index contributed by atoms with van der Waals surface area (Å²) in [6.45, 7) is 11.7. The molecule has 2 aromatic carbocycles. The molecule has 1 amide bonds. The molecule has 14 nitrogen and oxygen atoms in total. The summed E-state index contributed by atoms with van der Waals surface area (Å²) in [5, 5.41) is 15.5. The second-order valence-electron chi connectivity index (χ2n) is 12.5. The third-order valence-electron chi connectivity index (χ3n) is 7.89. The zero-order chi connectivity index (χ0) is 33.9. The number of hydrogen-bond acceptors (Lipinski definition) is 12. The van der Waals surface area contributed by atoms with Gasteiger partial charge in [-0.25, -0.2) is 28.4 Å². The summed E-state index contributed by atoms with van der Waals surface area (Å²) >= 11 is 0. The number of ether oxygens (including phenoxy) is 1. The summed E-state index contributed by atoms with van der Waals surface area (Å²) < 4.78 is 32.3. The van der Waals surface area contributed by atoms with Crippen LogP contribution in [0.25, 0.3) is 11.0 Å². The molecule has 4 N–H and O–H groups in total. The largest absolute Gasteiger partial charge is 0.492 e. The highest BCUT2D eigenvalue weighted by Gasteiger charge is 2.23. The predicted molar refractivity (Wildman–Crippen MR) is 183 cm³/mol. The van der Waals surface area contributed by atoms with Crippen molar-refractivity contribution in [3.05, 3.63) is 59.5 Å². The van der Waals surface area contributed by atoms with E-state index >= 15 is 0 Å². The fourth-order valence-corrected chi connectivity index (χ4v) is 5.82. The topological polar surface area (TPSA) is 175 Å². The average molecular weight is 664 g/mol. The first-order valence-electron chi connectivity index (χ1n) is 15.2. The fraction of sp³-hybridized carbons (Fsp3) is 0.406. The average Bonchev–Trinajstić information content (AvgIpc) is 3.01. The molecule has 0 bridgehead atoms. The van der Waals surface area contributed by atoms with Gasteiger partial charge in [-0.3, -0.25) is 14.4 Å². The van der Waals surface area contributed by atoms with Crippen molar-refractivity contribution in [2.45, 2.75) is 33.1 Å². The van der Waals surface area contributed by atoms with Gasteiger partial charge in [0.15, 0.2) is 11.6 Å². The Bertz CT molecular complexity index is 1890. The number of nitrogens with one attached hydrogen (secondary N) is 3. The Labute approximate surface area is 274 Å². The number of aliphatic hydroxyl groups is 1. The maximum atomic E-state index is 13.6. The quantitative estimate of drug-likeness (QED) is 0.195. The third kappa shape index (κ3) is 8.04. The summed E-state index contributed by atoms with van der Waals surface area (Å²) in [7, 11) is -2.20. The minimum Gasteiger partial charge on any atom is -0.492 e. The Kier molecular flexibility index (Phi) is 9.79. The lowest BCUT2D eigenvalue weighted by Crippen LogP contribution is -2.47. The maximum Gasteiger partial charge on any atom is 0.255 e. The van der Waals surface area contributed by atoms with Crippen LogP contribution >= 0.6 is 0 Å². The van der Waals surface area contributed by atoms with Gasteiger partial charge in [0.2, 0.25) is 16.0 Å². The van der Waals surface area contributed by atoms with E-state index in [0.29, 0.717) is 46.3 Å². The zero-order valence-electron chi connectivity index (χ0n) is 27.5. The second-order valence-corrected chi connectivity index (χ2v) is 14.3. The lowest BCUT2D eigenvalue weighted by molar-refractivity contribution is 0.102. The Morgan fingerprint density at radius 1 is 1.02 bits per heavy atom. The molecule has 47 heavy (non-hydrogen) atoms. The monoisotopic (exact) mass is 663 g/mol. The normalized spacial score (nSPS) is 14.2. The van der Waals surface area contributed by atoms with E-state index in [2.05, 4.69) is 40.1 Å². The number of amides is 1. The number of fused-ring (bicyclic) bond motifs is 1. The van der Waals surface area contributed by atoms with E-state index in [1.54, 1.807) is 30.5 Å². The summed E-state index contributed by atoms with van der Waals surface area (Å²) in [4.78, 5) is 36.1. The van der Waals surface area contributed by atoms with E-state index in [1.165, 1.54) is 13.4 Å². The molecular weight excluding hydrogens is 622 g/mol. The van der Waals surface area contributed by atoms with Gasteiger partial charge < -0.3 is 25.4 Å². The highest BCUT2D eigenvalue weighted by atomic mass is 32.2. The predicted octanol–water partition coefficient (Wildman–Crippen LogP) is 3.52. The molecule has 250 valence electrons. The molecule has 0 aliphatic carbocycles. The number of piperazine rings is 1. The highest BCUT2D eigenvalue weighted by Crippen LogP contribution is 2.39. The van der Waals surface area contributed by atoms with E-state index in [4.69, 9.17) is 9.72 Å². The SMILES string of the molecule is COc1c(NC(=O)c2ccc(C)c(Nc3ncnc4cnc(N5CCN(CCO)CC5)nc34)c2)cc(C(C)(C)C)cc1NS(C)(=O)=O. The van der Waals surface area contributed by atoms with Crippen LogP contribution in [0.2, 0.25) is 0 Å². The lowest BCUT2D eigenvalue weighted by atomic mass is 9.86. The maximum absolute atomic E-state index is 13.6. The van der Waals surface area contributed by atoms with Gasteiger partial charge in [-0.15, -0.1) is 0 Å². The van der Waals surface area contributed by atoms with Crippen molar-refractivity contribution in [2.75, 3.05) is 73.0 Å². The van der Waals surface area contributed by atoms with Crippen molar-refractivity contribution >= 4 is 55.8 Å². The number of hydrogen-bond donors (Lipinski definition) is 4. The number of methoxy groups -OCH3 is 1. The van der Waals surface area contributed by atoms with Crippen LogP contribution in [0.5, 0.6) is 5.75 Å². The molecule has 5 rings (SSSR count). The number of benzene rings is 2.